The minimum Gasteiger partial charge on any atom is -0.458 e. The molecule has 2 atom stereocenters. The number of carbonyl (C=O) groups excluding carboxylic acids is 1. The molecule has 0 N–H and O–H groups in total. The van der Waals surface area contributed by atoms with Crippen LogP contribution >= 0.6 is 0 Å². The van der Waals surface area contributed by atoms with Gasteiger partial charge in [-0.15, -0.1) is 0 Å². The van der Waals surface area contributed by atoms with Gasteiger partial charge in [0.2, 0.25) is 0 Å². The lowest BCUT2D eigenvalue weighted by atomic mass is 9.86. The van der Waals surface area contributed by atoms with Crippen molar-refractivity contribution in [3.8, 4) is 0 Å². The zero-order valence-electron chi connectivity index (χ0n) is 6.45. The minimum atomic E-state index is -0.0298. The molecule has 1 fully saturated rings. The van der Waals surface area contributed by atoms with Crippen LogP contribution in [0.15, 0.2) is 12.2 Å². The molecular formula is C9H12O2. The molecule has 60 valence electrons. The Morgan fingerprint density at radius 3 is 3.27 bits per heavy atom. The average molecular weight is 152 g/mol. The summed E-state index contributed by atoms with van der Waals surface area (Å²) >= 11 is 0. The molecule has 1 heterocycles. The predicted molar refractivity (Wildman–Crippen MR) is 41.0 cm³/mol. The van der Waals surface area contributed by atoms with Crippen molar-refractivity contribution < 1.29 is 9.53 Å². The van der Waals surface area contributed by atoms with Crippen LogP contribution in [0.2, 0.25) is 0 Å². The van der Waals surface area contributed by atoms with E-state index in [1.165, 1.54) is 6.42 Å². The summed E-state index contributed by atoms with van der Waals surface area (Å²) < 4.78 is 5.16. The molecule has 2 heteroatoms. The standard InChI is InChI=1S/C9H12O2/c10-9-6-5-7-3-1-2-4-8(7)11-9/h2,4,7-8H,1,3,5-6H2. The lowest BCUT2D eigenvalue weighted by Gasteiger charge is -2.31. The van der Waals surface area contributed by atoms with Crippen LogP contribution < -0.4 is 0 Å². The Morgan fingerprint density at radius 2 is 2.36 bits per heavy atom. The number of allylic oxidation sites excluding steroid dienone is 1. The van der Waals surface area contributed by atoms with E-state index in [2.05, 4.69) is 6.08 Å². The second-order valence-electron chi connectivity index (χ2n) is 3.26. The summed E-state index contributed by atoms with van der Waals surface area (Å²) in [6, 6.07) is 0. The fourth-order valence-electron chi connectivity index (χ4n) is 1.82. The van der Waals surface area contributed by atoms with Crippen molar-refractivity contribution in [1.82, 2.24) is 0 Å². The second kappa shape index (κ2) is 2.68. The molecule has 0 saturated carbocycles. The summed E-state index contributed by atoms with van der Waals surface area (Å²) in [7, 11) is 0. The van der Waals surface area contributed by atoms with E-state index in [1.54, 1.807) is 0 Å². The third-order valence-electron chi connectivity index (χ3n) is 2.48. The van der Waals surface area contributed by atoms with Crippen molar-refractivity contribution in [1.29, 1.82) is 0 Å². The van der Waals surface area contributed by atoms with Crippen molar-refractivity contribution in [2.75, 3.05) is 0 Å². The molecular weight excluding hydrogens is 140 g/mol. The molecule has 1 aliphatic heterocycles. The van der Waals surface area contributed by atoms with Gasteiger partial charge in [0.25, 0.3) is 0 Å². The lowest BCUT2D eigenvalue weighted by molar-refractivity contribution is -0.155. The van der Waals surface area contributed by atoms with Gasteiger partial charge in [-0.05, 0) is 25.3 Å². The van der Waals surface area contributed by atoms with Gasteiger partial charge in [0.15, 0.2) is 0 Å². The smallest absolute Gasteiger partial charge is 0.306 e. The zero-order chi connectivity index (χ0) is 7.68. The van der Waals surface area contributed by atoms with Crippen LogP contribution in [-0.2, 0) is 9.53 Å². The van der Waals surface area contributed by atoms with Crippen LogP contribution in [0.3, 0.4) is 0 Å². The quantitative estimate of drug-likeness (QED) is 0.390. The molecule has 1 aliphatic carbocycles. The first kappa shape index (κ1) is 6.89. The average Bonchev–Trinajstić information content (AvgIpc) is 2.04. The van der Waals surface area contributed by atoms with Crippen LogP contribution in [0.4, 0.5) is 0 Å². The molecule has 1 saturated heterocycles. The molecule has 2 unspecified atom stereocenters. The van der Waals surface area contributed by atoms with Gasteiger partial charge in [-0.3, -0.25) is 4.79 Å². The molecule has 2 aliphatic rings. The highest BCUT2D eigenvalue weighted by Gasteiger charge is 2.29. The number of fused-ring (bicyclic) bond motifs is 1. The monoisotopic (exact) mass is 152 g/mol. The van der Waals surface area contributed by atoms with Crippen LogP contribution in [0.25, 0.3) is 0 Å². The van der Waals surface area contributed by atoms with Gasteiger partial charge in [0.05, 0.1) is 0 Å². The molecule has 0 aromatic carbocycles. The molecule has 0 bridgehead atoms. The highest BCUT2D eigenvalue weighted by molar-refractivity contribution is 5.70. The van der Waals surface area contributed by atoms with Gasteiger partial charge in [0, 0.05) is 12.3 Å². The van der Waals surface area contributed by atoms with E-state index in [1.807, 2.05) is 6.08 Å². The largest absolute Gasteiger partial charge is 0.458 e. The second-order valence-corrected chi connectivity index (χ2v) is 3.26. The van der Waals surface area contributed by atoms with Crippen LogP contribution in [0.1, 0.15) is 25.7 Å². The van der Waals surface area contributed by atoms with Crippen molar-refractivity contribution in [2.45, 2.75) is 31.8 Å². The Hall–Kier alpha value is -0.790. The highest BCUT2D eigenvalue weighted by Crippen LogP contribution is 2.29. The van der Waals surface area contributed by atoms with E-state index in [9.17, 15) is 4.79 Å². The molecule has 0 aromatic rings. The van der Waals surface area contributed by atoms with Crippen molar-refractivity contribution in [3.63, 3.8) is 0 Å². The third-order valence-corrected chi connectivity index (χ3v) is 2.48. The third kappa shape index (κ3) is 1.30. The molecule has 2 nitrogen and oxygen atoms in total. The number of hydrogen-bond acceptors (Lipinski definition) is 2. The van der Waals surface area contributed by atoms with Crippen molar-refractivity contribution >= 4 is 5.97 Å². The Morgan fingerprint density at radius 1 is 1.45 bits per heavy atom. The first-order valence-electron chi connectivity index (χ1n) is 4.22. The van der Waals surface area contributed by atoms with Gasteiger partial charge in [-0.25, -0.2) is 0 Å². The van der Waals surface area contributed by atoms with Gasteiger partial charge in [-0.1, -0.05) is 6.08 Å². The Bertz CT molecular complexity index is 196. The summed E-state index contributed by atoms with van der Waals surface area (Å²) in [5.41, 5.74) is 0. The SMILES string of the molecule is O=C1CCC2CCC=CC2O1. The van der Waals surface area contributed by atoms with E-state index in [-0.39, 0.29) is 12.1 Å². The molecule has 2 rings (SSSR count). The predicted octanol–water partition coefficient (Wildman–Crippen LogP) is 1.66. The number of carbonyl (C=O) groups is 1. The fraction of sp³-hybridized carbons (Fsp3) is 0.667. The normalized spacial score (nSPS) is 36.2. The van der Waals surface area contributed by atoms with Crippen molar-refractivity contribution in [2.24, 2.45) is 5.92 Å². The van der Waals surface area contributed by atoms with E-state index >= 15 is 0 Å². The summed E-state index contributed by atoms with van der Waals surface area (Å²) in [6.45, 7) is 0. The molecule has 0 spiro atoms. The zero-order valence-corrected chi connectivity index (χ0v) is 6.45. The summed E-state index contributed by atoms with van der Waals surface area (Å²) in [6.07, 6.45) is 8.23. The number of esters is 1. The maximum Gasteiger partial charge on any atom is 0.306 e. The van der Waals surface area contributed by atoms with Gasteiger partial charge in [-0.2, -0.15) is 0 Å². The van der Waals surface area contributed by atoms with Crippen LogP contribution in [-0.4, -0.2) is 12.1 Å². The number of rotatable bonds is 0. The first-order chi connectivity index (χ1) is 5.36. The molecule has 0 amide bonds. The fourth-order valence-corrected chi connectivity index (χ4v) is 1.82. The first-order valence-corrected chi connectivity index (χ1v) is 4.22. The maximum absolute atomic E-state index is 10.9. The van der Waals surface area contributed by atoms with Gasteiger partial charge < -0.3 is 4.74 Å². The summed E-state index contributed by atoms with van der Waals surface area (Å²) in [5.74, 6) is 0.579. The van der Waals surface area contributed by atoms with E-state index in [4.69, 9.17) is 4.74 Å². The van der Waals surface area contributed by atoms with E-state index in [0.29, 0.717) is 12.3 Å². The minimum absolute atomic E-state index is 0.0298. The van der Waals surface area contributed by atoms with Crippen LogP contribution in [0, 0.1) is 5.92 Å². The molecule has 0 radical (unpaired) electrons. The highest BCUT2D eigenvalue weighted by atomic mass is 16.5. The Labute approximate surface area is 66.2 Å². The van der Waals surface area contributed by atoms with Crippen LogP contribution in [0.5, 0.6) is 0 Å². The maximum atomic E-state index is 10.9. The molecule has 0 aromatic heterocycles. The Kier molecular flexibility index (Phi) is 1.68. The Balaban J connectivity index is 2.08. The van der Waals surface area contributed by atoms with Crippen molar-refractivity contribution in [3.05, 3.63) is 12.2 Å². The lowest BCUT2D eigenvalue weighted by Crippen LogP contribution is -2.32. The topological polar surface area (TPSA) is 26.3 Å². The number of hydrogen-bond donors (Lipinski definition) is 0. The van der Waals surface area contributed by atoms with E-state index in [0.717, 1.165) is 12.8 Å². The van der Waals surface area contributed by atoms with E-state index < -0.39 is 0 Å². The summed E-state index contributed by atoms with van der Waals surface area (Å²) in [5, 5.41) is 0. The number of ether oxygens (including phenoxy) is 1. The summed E-state index contributed by atoms with van der Waals surface area (Å²) in [4.78, 5) is 10.9. The van der Waals surface area contributed by atoms with Gasteiger partial charge >= 0.3 is 5.97 Å². The van der Waals surface area contributed by atoms with Gasteiger partial charge in [0.1, 0.15) is 6.10 Å². The molecule has 11 heavy (non-hydrogen) atoms.